The second kappa shape index (κ2) is 10.8. The summed E-state index contributed by atoms with van der Waals surface area (Å²) in [5.74, 6) is -1.80. The van der Waals surface area contributed by atoms with Crippen LogP contribution in [-0.2, 0) is 9.59 Å². The topological polar surface area (TPSA) is 147 Å². The van der Waals surface area contributed by atoms with Gasteiger partial charge in [-0.3, -0.25) is 9.59 Å². The number of hydrogen-bond acceptors (Lipinski definition) is 8. The first-order chi connectivity index (χ1) is 9.86. The quantitative estimate of drug-likeness (QED) is 0.214. The van der Waals surface area contributed by atoms with Crippen molar-refractivity contribution in [3.05, 3.63) is 0 Å². The van der Waals surface area contributed by atoms with Crippen LogP contribution in [0.3, 0.4) is 0 Å². The first-order valence-corrected chi connectivity index (χ1v) is 6.96. The summed E-state index contributed by atoms with van der Waals surface area (Å²) < 4.78 is 0. The molecule has 8 nitrogen and oxygen atoms in total. The first kappa shape index (κ1) is 20.1. The molecule has 0 aromatic rings. The van der Waals surface area contributed by atoms with E-state index in [1.54, 1.807) is 0 Å². The summed E-state index contributed by atoms with van der Waals surface area (Å²) in [6.45, 7) is 2.38. The van der Waals surface area contributed by atoms with Crippen molar-refractivity contribution in [3.8, 4) is 0 Å². The predicted octanol–water partition coefficient (Wildman–Crippen LogP) is -2.66. The highest BCUT2D eigenvalue weighted by atomic mass is 16.4. The summed E-state index contributed by atoms with van der Waals surface area (Å²) in [7, 11) is 0. The van der Waals surface area contributed by atoms with Gasteiger partial charge in [0.25, 0.3) is 0 Å². The molecule has 0 aliphatic rings. The molecule has 0 aromatic carbocycles. The number of aliphatic hydroxyl groups is 5. The van der Waals surface area contributed by atoms with Crippen molar-refractivity contribution in [3.63, 3.8) is 0 Å². The van der Waals surface area contributed by atoms with E-state index in [9.17, 15) is 30.0 Å². The summed E-state index contributed by atoms with van der Waals surface area (Å²) in [5, 5.41) is 49.6. The lowest BCUT2D eigenvalue weighted by molar-refractivity contribution is -0.154. The van der Waals surface area contributed by atoms with Gasteiger partial charge < -0.3 is 30.8 Å². The van der Waals surface area contributed by atoms with Crippen molar-refractivity contribution in [1.29, 1.82) is 0 Å². The second-order valence-electron chi connectivity index (χ2n) is 4.82. The molecule has 0 radical (unpaired) electrons. The van der Waals surface area contributed by atoms with Crippen LogP contribution in [0.5, 0.6) is 0 Å². The maximum atomic E-state index is 11.6. The number of carbonyl (C=O) groups is 2. The molecule has 124 valence electrons. The molecule has 0 bridgehead atoms. The van der Waals surface area contributed by atoms with Crippen LogP contribution in [0.15, 0.2) is 0 Å². The SMILES string of the molecule is CCCNCCCC(=O)[C@H](O)[C@@H](O)[C@H](O)[C@H](O)C(=O)CO. The standard InChI is InChI=1S/C13H25NO7/c1-2-5-14-6-3-4-8(16)10(18)12(20)13(21)11(19)9(17)7-15/h10-15,18-21H,2-7H2,1H3/t10-,11+,12+,13+/m0/s1. The van der Waals surface area contributed by atoms with Crippen molar-refractivity contribution in [2.45, 2.75) is 50.6 Å². The van der Waals surface area contributed by atoms with E-state index in [2.05, 4.69) is 5.32 Å². The Bertz CT molecular complexity index is 324. The lowest BCUT2D eigenvalue weighted by atomic mass is 9.96. The predicted molar refractivity (Wildman–Crippen MR) is 73.5 cm³/mol. The first-order valence-electron chi connectivity index (χ1n) is 6.96. The summed E-state index contributed by atoms with van der Waals surface area (Å²) in [6, 6.07) is 0. The lowest BCUT2D eigenvalue weighted by Gasteiger charge is -2.24. The Kier molecular flexibility index (Phi) is 10.3. The highest BCUT2D eigenvalue weighted by molar-refractivity contribution is 5.85. The van der Waals surface area contributed by atoms with Crippen LogP contribution in [0.1, 0.15) is 26.2 Å². The van der Waals surface area contributed by atoms with Crippen LogP contribution in [0.4, 0.5) is 0 Å². The van der Waals surface area contributed by atoms with Crippen LogP contribution in [0, 0.1) is 0 Å². The van der Waals surface area contributed by atoms with E-state index in [0.717, 1.165) is 13.0 Å². The molecule has 0 aliphatic heterocycles. The van der Waals surface area contributed by atoms with Crippen LogP contribution in [0.2, 0.25) is 0 Å². The Balaban J connectivity index is 4.25. The van der Waals surface area contributed by atoms with Crippen LogP contribution in [-0.4, -0.2) is 81.2 Å². The Hall–Kier alpha value is -0.900. The fourth-order valence-corrected chi connectivity index (χ4v) is 1.69. The Labute approximate surface area is 123 Å². The Morgan fingerprint density at radius 2 is 1.48 bits per heavy atom. The van der Waals surface area contributed by atoms with Crippen molar-refractivity contribution < 1.29 is 35.1 Å². The number of aliphatic hydroxyl groups excluding tert-OH is 5. The van der Waals surface area contributed by atoms with E-state index < -0.39 is 42.6 Å². The highest BCUT2D eigenvalue weighted by Gasteiger charge is 2.36. The van der Waals surface area contributed by atoms with Gasteiger partial charge >= 0.3 is 0 Å². The van der Waals surface area contributed by atoms with Crippen molar-refractivity contribution in [2.24, 2.45) is 0 Å². The molecule has 0 aromatic heterocycles. The lowest BCUT2D eigenvalue weighted by Crippen LogP contribution is -2.50. The van der Waals surface area contributed by atoms with Gasteiger partial charge in [0.15, 0.2) is 11.6 Å². The largest absolute Gasteiger partial charge is 0.388 e. The van der Waals surface area contributed by atoms with Crippen molar-refractivity contribution >= 4 is 11.6 Å². The van der Waals surface area contributed by atoms with Gasteiger partial charge in [0.2, 0.25) is 0 Å². The minimum absolute atomic E-state index is 0.00823. The van der Waals surface area contributed by atoms with Gasteiger partial charge in [-0.1, -0.05) is 6.92 Å². The molecule has 6 N–H and O–H groups in total. The molecule has 0 saturated carbocycles. The maximum Gasteiger partial charge on any atom is 0.189 e. The van der Waals surface area contributed by atoms with E-state index in [1.165, 1.54) is 0 Å². The fraction of sp³-hybridized carbons (Fsp3) is 0.846. The number of ketones is 2. The van der Waals surface area contributed by atoms with Crippen LogP contribution in [0.25, 0.3) is 0 Å². The van der Waals surface area contributed by atoms with Gasteiger partial charge in [0, 0.05) is 6.42 Å². The van der Waals surface area contributed by atoms with Crippen LogP contribution >= 0.6 is 0 Å². The van der Waals surface area contributed by atoms with Crippen molar-refractivity contribution in [2.75, 3.05) is 19.7 Å². The molecule has 0 heterocycles. The number of rotatable bonds is 12. The van der Waals surface area contributed by atoms with E-state index in [-0.39, 0.29) is 6.42 Å². The molecular weight excluding hydrogens is 282 g/mol. The summed E-state index contributed by atoms with van der Waals surface area (Å²) >= 11 is 0. The number of Topliss-reactive ketones (excluding diaryl/α,β-unsaturated/α-hetero) is 2. The molecule has 0 amide bonds. The molecule has 0 rings (SSSR count). The fourth-order valence-electron chi connectivity index (χ4n) is 1.69. The van der Waals surface area contributed by atoms with Gasteiger partial charge in [-0.15, -0.1) is 0 Å². The van der Waals surface area contributed by atoms with Crippen molar-refractivity contribution in [1.82, 2.24) is 5.32 Å². The van der Waals surface area contributed by atoms with Gasteiger partial charge in [0.05, 0.1) is 0 Å². The Morgan fingerprint density at radius 1 is 0.952 bits per heavy atom. The summed E-state index contributed by atoms with van der Waals surface area (Å²) in [4.78, 5) is 22.6. The minimum atomic E-state index is -2.06. The van der Waals surface area contributed by atoms with E-state index in [4.69, 9.17) is 5.11 Å². The zero-order chi connectivity index (χ0) is 16.4. The van der Waals surface area contributed by atoms with Gasteiger partial charge in [0.1, 0.15) is 31.0 Å². The van der Waals surface area contributed by atoms with Gasteiger partial charge in [-0.2, -0.15) is 0 Å². The molecule has 0 aliphatic carbocycles. The average Bonchev–Trinajstić information content (AvgIpc) is 2.50. The zero-order valence-electron chi connectivity index (χ0n) is 12.1. The minimum Gasteiger partial charge on any atom is -0.388 e. The van der Waals surface area contributed by atoms with Gasteiger partial charge in [-0.05, 0) is 25.9 Å². The van der Waals surface area contributed by atoms with E-state index in [0.29, 0.717) is 13.0 Å². The number of carbonyl (C=O) groups excluding carboxylic acids is 2. The number of nitrogens with one attached hydrogen (secondary N) is 1. The van der Waals surface area contributed by atoms with E-state index >= 15 is 0 Å². The Morgan fingerprint density at radius 3 is 1.95 bits per heavy atom. The number of hydrogen-bond donors (Lipinski definition) is 6. The molecule has 0 fully saturated rings. The molecule has 0 saturated heterocycles. The summed E-state index contributed by atoms with van der Waals surface area (Å²) in [5.41, 5.74) is 0. The van der Waals surface area contributed by atoms with Gasteiger partial charge in [-0.25, -0.2) is 0 Å². The normalized spacial score (nSPS) is 17.0. The monoisotopic (exact) mass is 307 g/mol. The molecular formula is C13H25NO7. The molecule has 0 unspecified atom stereocenters. The zero-order valence-corrected chi connectivity index (χ0v) is 12.1. The third-order valence-corrected chi connectivity index (χ3v) is 3.02. The third kappa shape index (κ3) is 7.07. The summed E-state index contributed by atoms with van der Waals surface area (Å²) in [6.07, 6.45) is -6.58. The highest BCUT2D eigenvalue weighted by Crippen LogP contribution is 2.09. The third-order valence-electron chi connectivity index (χ3n) is 3.02. The molecule has 4 atom stereocenters. The molecule has 8 heteroatoms. The maximum absolute atomic E-state index is 11.6. The second-order valence-corrected chi connectivity index (χ2v) is 4.82. The average molecular weight is 307 g/mol. The smallest absolute Gasteiger partial charge is 0.189 e. The van der Waals surface area contributed by atoms with Crippen LogP contribution < -0.4 is 5.32 Å². The molecule has 0 spiro atoms. The molecule has 21 heavy (non-hydrogen) atoms. The van der Waals surface area contributed by atoms with E-state index in [1.807, 2.05) is 6.92 Å².